The van der Waals surface area contributed by atoms with Gasteiger partial charge in [0.2, 0.25) is 0 Å². The number of unbranched alkanes of at least 4 members (excludes halogenated alkanes) is 1. The van der Waals surface area contributed by atoms with E-state index in [9.17, 15) is 19.3 Å². The number of nitrogens with one attached hydrogen (secondary N) is 1. The second kappa shape index (κ2) is 8.15. The van der Waals surface area contributed by atoms with Crippen LogP contribution in [0.5, 0.6) is 0 Å². The SMILES string of the molecule is COCCCCNc1cc(C(=O)OC)c(F)cc1[N+](=O)[O-]. The lowest BCUT2D eigenvalue weighted by Crippen LogP contribution is -2.10. The molecule has 0 unspecified atom stereocenters. The quantitative estimate of drug-likeness (QED) is 0.343. The number of methoxy groups -OCH3 is 2. The zero-order valence-corrected chi connectivity index (χ0v) is 11.8. The molecule has 8 heteroatoms. The molecule has 0 saturated carbocycles. The lowest BCUT2D eigenvalue weighted by Gasteiger charge is -2.09. The highest BCUT2D eigenvalue weighted by atomic mass is 19.1. The van der Waals surface area contributed by atoms with Gasteiger partial charge >= 0.3 is 5.97 Å². The fourth-order valence-electron chi connectivity index (χ4n) is 1.72. The maximum atomic E-state index is 13.7. The zero-order valence-electron chi connectivity index (χ0n) is 11.8. The summed E-state index contributed by atoms with van der Waals surface area (Å²) in [5.41, 5.74) is -0.686. The number of nitro groups is 1. The van der Waals surface area contributed by atoms with Crippen molar-refractivity contribution >= 4 is 17.3 Å². The first-order valence-electron chi connectivity index (χ1n) is 6.30. The van der Waals surface area contributed by atoms with Crippen molar-refractivity contribution in [3.63, 3.8) is 0 Å². The molecular formula is C13H17FN2O5. The highest BCUT2D eigenvalue weighted by Crippen LogP contribution is 2.28. The minimum absolute atomic E-state index is 0.0826. The number of carbonyl (C=O) groups is 1. The third-order valence-corrected chi connectivity index (χ3v) is 2.78. The van der Waals surface area contributed by atoms with Crippen LogP contribution in [0.2, 0.25) is 0 Å². The highest BCUT2D eigenvalue weighted by molar-refractivity contribution is 5.91. The van der Waals surface area contributed by atoms with Gasteiger partial charge in [-0.15, -0.1) is 0 Å². The molecule has 0 amide bonds. The molecule has 0 heterocycles. The van der Waals surface area contributed by atoms with Crippen LogP contribution in [0.15, 0.2) is 12.1 Å². The van der Waals surface area contributed by atoms with Gasteiger partial charge in [-0.2, -0.15) is 0 Å². The fraction of sp³-hybridized carbons (Fsp3) is 0.462. The van der Waals surface area contributed by atoms with Crippen molar-refractivity contribution in [3.05, 3.63) is 33.6 Å². The van der Waals surface area contributed by atoms with Crippen LogP contribution in [0, 0.1) is 15.9 Å². The minimum Gasteiger partial charge on any atom is -0.465 e. The van der Waals surface area contributed by atoms with Gasteiger partial charge in [0.25, 0.3) is 5.69 Å². The van der Waals surface area contributed by atoms with E-state index in [2.05, 4.69) is 10.1 Å². The van der Waals surface area contributed by atoms with Crippen LogP contribution >= 0.6 is 0 Å². The predicted molar refractivity (Wildman–Crippen MR) is 74.0 cm³/mol. The summed E-state index contributed by atoms with van der Waals surface area (Å²) < 4.78 is 23.0. The number of benzene rings is 1. The number of hydrogen-bond donors (Lipinski definition) is 1. The monoisotopic (exact) mass is 300 g/mol. The molecule has 7 nitrogen and oxygen atoms in total. The molecule has 116 valence electrons. The third-order valence-electron chi connectivity index (χ3n) is 2.78. The van der Waals surface area contributed by atoms with Crippen molar-refractivity contribution in [1.29, 1.82) is 0 Å². The van der Waals surface area contributed by atoms with Crippen LogP contribution in [-0.2, 0) is 9.47 Å². The molecule has 0 atom stereocenters. The second-order valence-corrected chi connectivity index (χ2v) is 4.22. The number of nitro benzene ring substituents is 1. The van der Waals surface area contributed by atoms with Gasteiger partial charge in [-0.1, -0.05) is 0 Å². The lowest BCUT2D eigenvalue weighted by atomic mass is 10.1. The third kappa shape index (κ3) is 4.67. The highest BCUT2D eigenvalue weighted by Gasteiger charge is 2.22. The van der Waals surface area contributed by atoms with E-state index in [1.165, 1.54) is 0 Å². The Morgan fingerprint density at radius 2 is 2.10 bits per heavy atom. The summed E-state index contributed by atoms with van der Waals surface area (Å²) in [7, 11) is 2.70. The standard InChI is InChI=1S/C13H17FN2O5/c1-20-6-4-3-5-15-11-7-9(13(17)21-2)10(14)8-12(11)16(18)19/h7-8,15H,3-6H2,1-2H3. The maximum Gasteiger partial charge on any atom is 0.340 e. The van der Waals surface area contributed by atoms with Crippen LogP contribution < -0.4 is 5.32 Å². The molecule has 0 aromatic heterocycles. The summed E-state index contributed by atoms with van der Waals surface area (Å²) in [6.45, 7) is 1.02. The van der Waals surface area contributed by atoms with E-state index in [0.717, 1.165) is 26.0 Å². The summed E-state index contributed by atoms with van der Waals surface area (Å²) in [6.07, 6.45) is 1.50. The Morgan fingerprint density at radius 3 is 2.67 bits per heavy atom. The average molecular weight is 300 g/mol. The molecule has 0 aliphatic rings. The molecule has 21 heavy (non-hydrogen) atoms. The van der Waals surface area contributed by atoms with Crippen LogP contribution in [0.4, 0.5) is 15.8 Å². The molecule has 0 spiro atoms. The van der Waals surface area contributed by atoms with Gasteiger partial charge in [-0.3, -0.25) is 10.1 Å². The molecule has 0 saturated heterocycles. The molecule has 1 aromatic carbocycles. The van der Waals surface area contributed by atoms with Gasteiger partial charge in [-0.25, -0.2) is 9.18 Å². The number of nitrogens with zero attached hydrogens (tertiary/aromatic N) is 1. The van der Waals surface area contributed by atoms with E-state index >= 15 is 0 Å². The fourth-order valence-corrected chi connectivity index (χ4v) is 1.72. The van der Waals surface area contributed by atoms with Crippen molar-refractivity contribution in [1.82, 2.24) is 0 Å². The normalized spacial score (nSPS) is 10.2. The van der Waals surface area contributed by atoms with E-state index in [0.29, 0.717) is 19.2 Å². The Bertz CT molecular complexity index is 522. The molecule has 0 fully saturated rings. The van der Waals surface area contributed by atoms with Crippen LogP contribution in [0.1, 0.15) is 23.2 Å². The Hall–Kier alpha value is -2.22. The van der Waals surface area contributed by atoms with Crippen molar-refractivity contribution in [2.75, 3.05) is 32.7 Å². The number of ether oxygens (including phenoxy) is 2. The van der Waals surface area contributed by atoms with E-state index < -0.39 is 22.4 Å². The zero-order chi connectivity index (χ0) is 15.8. The molecule has 0 bridgehead atoms. The molecule has 0 radical (unpaired) electrons. The molecule has 1 rings (SSSR count). The predicted octanol–water partition coefficient (Wildman–Crippen LogP) is 2.36. The number of anilines is 1. The van der Waals surface area contributed by atoms with Crippen molar-refractivity contribution in [2.45, 2.75) is 12.8 Å². The Labute approximate surface area is 121 Å². The lowest BCUT2D eigenvalue weighted by molar-refractivity contribution is -0.384. The van der Waals surface area contributed by atoms with E-state index in [-0.39, 0.29) is 11.3 Å². The Balaban J connectivity index is 2.92. The van der Waals surface area contributed by atoms with Crippen molar-refractivity contribution in [2.24, 2.45) is 0 Å². The summed E-state index contributed by atoms with van der Waals surface area (Å²) in [4.78, 5) is 21.6. The summed E-state index contributed by atoms with van der Waals surface area (Å²) >= 11 is 0. The first-order chi connectivity index (χ1) is 10.0. The smallest absolute Gasteiger partial charge is 0.340 e. The van der Waals surface area contributed by atoms with Crippen molar-refractivity contribution < 1.29 is 23.6 Å². The number of hydrogen-bond acceptors (Lipinski definition) is 6. The first kappa shape index (κ1) is 16.8. The van der Waals surface area contributed by atoms with Gasteiger partial charge in [0.15, 0.2) is 0 Å². The summed E-state index contributed by atoms with van der Waals surface area (Å²) in [5.74, 6) is -1.87. The molecule has 0 aliphatic heterocycles. The van der Waals surface area contributed by atoms with Crippen LogP contribution in [-0.4, -0.2) is 38.3 Å². The topological polar surface area (TPSA) is 90.7 Å². The average Bonchev–Trinajstić information content (AvgIpc) is 2.47. The summed E-state index contributed by atoms with van der Waals surface area (Å²) in [6, 6.07) is 1.80. The van der Waals surface area contributed by atoms with Gasteiger partial charge in [0.05, 0.1) is 23.7 Å². The Morgan fingerprint density at radius 1 is 1.38 bits per heavy atom. The molecule has 1 aromatic rings. The van der Waals surface area contributed by atoms with E-state index in [4.69, 9.17) is 4.74 Å². The van der Waals surface area contributed by atoms with Gasteiger partial charge < -0.3 is 14.8 Å². The Kier molecular flexibility index (Phi) is 6.54. The van der Waals surface area contributed by atoms with Gasteiger partial charge in [-0.05, 0) is 18.9 Å². The number of carbonyl (C=O) groups excluding carboxylic acids is 1. The minimum atomic E-state index is -0.988. The largest absolute Gasteiger partial charge is 0.465 e. The van der Waals surface area contributed by atoms with Gasteiger partial charge in [0.1, 0.15) is 11.5 Å². The number of rotatable bonds is 8. The van der Waals surface area contributed by atoms with Crippen molar-refractivity contribution in [3.8, 4) is 0 Å². The van der Waals surface area contributed by atoms with Crippen LogP contribution in [0.25, 0.3) is 0 Å². The number of halogens is 1. The molecule has 0 aliphatic carbocycles. The van der Waals surface area contributed by atoms with Crippen LogP contribution in [0.3, 0.4) is 0 Å². The second-order valence-electron chi connectivity index (χ2n) is 4.22. The van der Waals surface area contributed by atoms with E-state index in [1.807, 2.05) is 0 Å². The van der Waals surface area contributed by atoms with E-state index in [1.54, 1.807) is 7.11 Å². The first-order valence-corrected chi connectivity index (χ1v) is 6.30. The molecule has 1 N–H and O–H groups in total. The van der Waals surface area contributed by atoms with Gasteiger partial charge in [0, 0.05) is 20.3 Å². The maximum absolute atomic E-state index is 13.7. The summed E-state index contributed by atoms with van der Waals surface area (Å²) in [5, 5.41) is 13.8. The molecular weight excluding hydrogens is 283 g/mol. The number of esters is 1.